The molecule has 3 atom stereocenters. The van der Waals surface area contributed by atoms with Crippen molar-refractivity contribution in [3.05, 3.63) is 35.9 Å². The topological polar surface area (TPSA) is 188 Å². The number of rotatable bonds is 15. The lowest BCUT2D eigenvalue weighted by Gasteiger charge is -2.24. The van der Waals surface area contributed by atoms with Gasteiger partial charge in [-0.05, 0) is 30.4 Å². The Labute approximate surface area is 195 Å². The predicted octanol–water partition coefficient (Wildman–Crippen LogP) is -0.655. The number of benzene rings is 1. The van der Waals surface area contributed by atoms with Crippen molar-refractivity contribution in [3.8, 4) is 0 Å². The van der Waals surface area contributed by atoms with Gasteiger partial charge in [-0.1, -0.05) is 30.3 Å². The average molecular weight is 483 g/mol. The highest BCUT2D eigenvalue weighted by Crippen LogP contribution is 2.07. The molecule has 3 amide bonds. The number of amides is 3. The third-order valence-electron chi connectivity index (χ3n) is 4.58. The second-order valence-electron chi connectivity index (χ2n) is 7.24. The number of thioether (sulfide) groups is 1. The second-order valence-corrected chi connectivity index (χ2v) is 8.23. The Morgan fingerprint density at radius 1 is 0.909 bits per heavy atom. The molecule has 0 aliphatic carbocycles. The van der Waals surface area contributed by atoms with E-state index in [9.17, 15) is 24.0 Å². The van der Waals surface area contributed by atoms with Crippen LogP contribution in [0.3, 0.4) is 0 Å². The van der Waals surface area contributed by atoms with E-state index in [1.165, 1.54) is 11.8 Å². The van der Waals surface area contributed by atoms with Gasteiger partial charge in [-0.25, -0.2) is 0 Å². The molecule has 1 aromatic rings. The first-order chi connectivity index (χ1) is 15.6. The van der Waals surface area contributed by atoms with Gasteiger partial charge in [-0.3, -0.25) is 24.0 Å². The summed E-state index contributed by atoms with van der Waals surface area (Å²) in [4.78, 5) is 59.4. The van der Waals surface area contributed by atoms with Crippen LogP contribution in [0.25, 0.3) is 0 Å². The molecule has 11 nitrogen and oxygen atoms in total. The summed E-state index contributed by atoms with van der Waals surface area (Å²) in [7, 11) is 0. The molecule has 0 fully saturated rings. The summed E-state index contributed by atoms with van der Waals surface area (Å²) in [5.41, 5.74) is 6.50. The molecule has 1 aromatic carbocycles. The predicted molar refractivity (Wildman–Crippen MR) is 122 cm³/mol. The van der Waals surface area contributed by atoms with Gasteiger partial charge in [0.1, 0.15) is 18.6 Å². The Bertz CT molecular complexity index is 822. The Hall–Kier alpha value is -3.12. The second kappa shape index (κ2) is 14.9. The van der Waals surface area contributed by atoms with Crippen LogP contribution in [0.1, 0.15) is 24.8 Å². The molecular formula is C21H30N4O7S. The molecule has 0 aliphatic rings. The van der Waals surface area contributed by atoms with Crippen molar-refractivity contribution < 1.29 is 34.2 Å². The van der Waals surface area contributed by atoms with E-state index in [0.29, 0.717) is 5.75 Å². The lowest BCUT2D eigenvalue weighted by atomic mass is 10.0. The summed E-state index contributed by atoms with van der Waals surface area (Å²) in [6.45, 7) is -0.590. The zero-order valence-corrected chi connectivity index (χ0v) is 19.1. The Balaban J connectivity index is 2.96. The highest BCUT2D eigenvalue weighted by Gasteiger charge is 2.28. The van der Waals surface area contributed by atoms with Crippen LogP contribution in [-0.4, -0.2) is 76.6 Å². The maximum Gasteiger partial charge on any atom is 0.322 e. The molecule has 0 aromatic heterocycles. The van der Waals surface area contributed by atoms with Crippen molar-refractivity contribution in [1.82, 2.24) is 16.0 Å². The molecule has 0 saturated carbocycles. The molecule has 0 radical (unpaired) electrons. The van der Waals surface area contributed by atoms with E-state index in [4.69, 9.17) is 15.9 Å². The molecule has 0 bridgehead atoms. The van der Waals surface area contributed by atoms with Crippen LogP contribution in [0.2, 0.25) is 0 Å². The van der Waals surface area contributed by atoms with Crippen molar-refractivity contribution in [2.24, 2.45) is 5.73 Å². The van der Waals surface area contributed by atoms with Crippen LogP contribution in [0.15, 0.2) is 30.3 Å². The van der Waals surface area contributed by atoms with E-state index in [1.54, 1.807) is 30.3 Å². The summed E-state index contributed by atoms with van der Waals surface area (Å²) >= 11 is 1.45. The van der Waals surface area contributed by atoms with Gasteiger partial charge in [0.05, 0.1) is 6.04 Å². The van der Waals surface area contributed by atoms with Crippen molar-refractivity contribution in [3.63, 3.8) is 0 Å². The van der Waals surface area contributed by atoms with Gasteiger partial charge < -0.3 is 31.9 Å². The van der Waals surface area contributed by atoms with Crippen molar-refractivity contribution >= 4 is 41.4 Å². The fourth-order valence-corrected chi connectivity index (χ4v) is 3.28. The molecule has 12 heteroatoms. The lowest BCUT2D eigenvalue weighted by molar-refractivity contribution is -0.139. The molecule has 33 heavy (non-hydrogen) atoms. The van der Waals surface area contributed by atoms with Crippen LogP contribution in [0, 0.1) is 0 Å². The molecule has 182 valence electrons. The van der Waals surface area contributed by atoms with Gasteiger partial charge in [0, 0.05) is 12.8 Å². The molecular weight excluding hydrogens is 452 g/mol. The first kappa shape index (κ1) is 27.9. The van der Waals surface area contributed by atoms with E-state index in [1.807, 2.05) is 6.26 Å². The SMILES string of the molecule is CSCCC(NC(=O)C(Cc1ccccc1)NC(=O)C(N)CCC(=O)O)C(=O)NCC(=O)O. The number of nitrogens with one attached hydrogen (secondary N) is 3. The highest BCUT2D eigenvalue weighted by atomic mass is 32.2. The summed E-state index contributed by atoms with van der Waals surface area (Å²) < 4.78 is 0. The first-order valence-corrected chi connectivity index (χ1v) is 11.6. The zero-order chi connectivity index (χ0) is 24.8. The largest absolute Gasteiger partial charge is 0.481 e. The van der Waals surface area contributed by atoms with Crippen molar-refractivity contribution in [2.75, 3.05) is 18.6 Å². The minimum atomic E-state index is -1.22. The fourth-order valence-electron chi connectivity index (χ4n) is 2.81. The molecule has 3 unspecified atom stereocenters. The Morgan fingerprint density at radius 3 is 2.12 bits per heavy atom. The van der Waals surface area contributed by atoms with E-state index in [-0.39, 0.29) is 25.7 Å². The van der Waals surface area contributed by atoms with Gasteiger partial charge in [0.15, 0.2) is 0 Å². The zero-order valence-electron chi connectivity index (χ0n) is 18.3. The third-order valence-corrected chi connectivity index (χ3v) is 5.22. The number of nitrogens with two attached hydrogens (primary N) is 1. The Kier molecular flexibility index (Phi) is 12.6. The molecule has 0 heterocycles. The number of carboxylic acid groups (broad SMARTS) is 2. The van der Waals surface area contributed by atoms with Gasteiger partial charge in [0.2, 0.25) is 17.7 Å². The van der Waals surface area contributed by atoms with Gasteiger partial charge in [0.25, 0.3) is 0 Å². The molecule has 0 saturated heterocycles. The average Bonchev–Trinajstić information content (AvgIpc) is 2.78. The quantitative estimate of drug-likeness (QED) is 0.189. The number of hydrogen-bond donors (Lipinski definition) is 6. The first-order valence-electron chi connectivity index (χ1n) is 10.2. The molecule has 0 spiro atoms. The van der Waals surface area contributed by atoms with Crippen LogP contribution >= 0.6 is 11.8 Å². The van der Waals surface area contributed by atoms with Crippen molar-refractivity contribution in [1.29, 1.82) is 0 Å². The molecule has 1 rings (SSSR count). The standard InChI is InChI=1S/C21H30N4O7S/c1-33-10-9-15(20(31)23-12-18(28)29)24-21(32)16(11-13-5-3-2-4-6-13)25-19(30)14(22)7-8-17(26)27/h2-6,14-16H,7-12,22H2,1H3,(H,23,31)(H,24,32)(H,25,30)(H,26,27)(H,28,29). The fraction of sp³-hybridized carbons (Fsp3) is 0.476. The van der Waals surface area contributed by atoms with Crippen LogP contribution in [-0.2, 0) is 30.4 Å². The van der Waals surface area contributed by atoms with Crippen LogP contribution in [0.5, 0.6) is 0 Å². The lowest BCUT2D eigenvalue weighted by Crippen LogP contribution is -2.56. The normalized spacial score (nSPS) is 13.3. The van der Waals surface area contributed by atoms with Crippen LogP contribution in [0.4, 0.5) is 0 Å². The number of carboxylic acids is 2. The van der Waals surface area contributed by atoms with Crippen molar-refractivity contribution in [2.45, 2.75) is 43.8 Å². The number of hydrogen-bond acceptors (Lipinski definition) is 7. The summed E-state index contributed by atoms with van der Waals surface area (Å²) in [6, 6.07) is 5.66. The minimum absolute atomic E-state index is 0.102. The molecule has 0 aliphatic heterocycles. The maximum absolute atomic E-state index is 13.0. The smallest absolute Gasteiger partial charge is 0.322 e. The molecule has 7 N–H and O–H groups in total. The van der Waals surface area contributed by atoms with Gasteiger partial charge in [-0.2, -0.15) is 11.8 Å². The third kappa shape index (κ3) is 11.3. The number of aliphatic carboxylic acids is 2. The summed E-state index contributed by atoms with van der Waals surface area (Å²) in [5, 5.41) is 24.9. The summed E-state index contributed by atoms with van der Waals surface area (Å²) in [5.74, 6) is -3.77. The van der Waals surface area contributed by atoms with E-state index >= 15 is 0 Å². The van der Waals surface area contributed by atoms with E-state index in [0.717, 1.165) is 5.56 Å². The van der Waals surface area contributed by atoms with E-state index < -0.39 is 54.3 Å². The highest BCUT2D eigenvalue weighted by molar-refractivity contribution is 7.98. The minimum Gasteiger partial charge on any atom is -0.481 e. The number of carbonyl (C=O) groups is 5. The van der Waals surface area contributed by atoms with Crippen LogP contribution < -0.4 is 21.7 Å². The van der Waals surface area contributed by atoms with Gasteiger partial charge in [-0.15, -0.1) is 0 Å². The number of carbonyl (C=O) groups excluding carboxylic acids is 3. The van der Waals surface area contributed by atoms with Gasteiger partial charge >= 0.3 is 11.9 Å². The summed E-state index contributed by atoms with van der Waals surface area (Å²) in [6.07, 6.45) is 1.78. The Morgan fingerprint density at radius 2 is 1.55 bits per heavy atom. The maximum atomic E-state index is 13.0. The monoisotopic (exact) mass is 482 g/mol. The van der Waals surface area contributed by atoms with E-state index in [2.05, 4.69) is 16.0 Å².